The summed E-state index contributed by atoms with van der Waals surface area (Å²) in [5, 5.41) is 0. The Morgan fingerprint density at radius 3 is 2.80 bits per heavy atom. The Labute approximate surface area is 124 Å². The minimum atomic E-state index is -2.46. The van der Waals surface area contributed by atoms with Crippen LogP contribution in [0.5, 0.6) is 0 Å². The summed E-state index contributed by atoms with van der Waals surface area (Å²) in [6.07, 6.45) is 5.00. The van der Waals surface area contributed by atoms with Gasteiger partial charge >= 0.3 is 0 Å². The van der Waals surface area contributed by atoms with Crippen molar-refractivity contribution < 1.29 is 8.78 Å². The largest absolute Gasteiger partial charge is 0.338 e. The maximum Gasteiger partial charge on any atom is 0.248 e. The molecular formula is C15H15BrF2N2. The van der Waals surface area contributed by atoms with Crippen molar-refractivity contribution in [2.24, 2.45) is 5.92 Å². The van der Waals surface area contributed by atoms with Crippen molar-refractivity contribution in [3.63, 3.8) is 0 Å². The highest BCUT2D eigenvalue weighted by Crippen LogP contribution is 2.36. The number of fused-ring (bicyclic) bond motifs is 1. The van der Waals surface area contributed by atoms with Gasteiger partial charge < -0.3 is 4.98 Å². The second-order valence-corrected chi connectivity index (χ2v) is 6.25. The number of aromatic nitrogens is 2. The number of nitrogens with one attached hydrogen (secondary N) is 1. The summed E-state index contributed by atoms with van der Waals surface area (Å²) in [5.74, 6) is -1.46. The van der Waals surface area contributed by atoms with Crippen molar-refractivity contribution in [3.05, 3.63) is 34.6 Å². The third-order valence-electron chi connectivity index (χ3n) is 3.75. The molecule has 1 heterocycles. The molecule has 106 valence electrons. The Balaban J connectivity index is 1.71. The fraction of sp³-hybridized carbons (Fsp3) is 0.400. The van der Waals surface area contributed by atoms with E-state index in [1.54, 1.807) is 0 Å². The van der Waals surface area contributed by atoms with E-state index in [1.807, 2.05) is 30.4 Å². The van der Waals surface area contributed by atoms with Crippen LogP contribution in [0.15, 0.2) is 28.7 Å². The van der Waals surface area contributed by atoms with Gasteiger partial charge in [0.05, 0.1) is 11.0 Å². The van der Waals surface area contributed by atoms with Gasteiger partial charge in [-0.15, -0.1) is 0 Å². The van der Waals surface area contributed by atoms with Crippen LogP contribution in [0.25, 0.3) is 17.1 Å². The molecule has 2 nitrogen and oxygen atoms in total. The maximum absolute atomic E-state index is 13.1. The lowest BCUT2D eigenvalue weighted by Crippen LogP contribution is -2.23. The van der Waals surface area contributed by atoms with E-state index in [2.05, 4.69) is 25.9 Å². The molecule has 1 fully saturated rings. The van der Waals surface area contributed by atoms with E-state index in [-0.39, 0.29) is 18.8 Å². The van der Waals surface area contributed by atoms with Gasteiger partial charge in [-0.2, -0.15) is 0 Å². The number of aromatic amines is 1. The van der Waals surface area contributed by atoms with Gasteiger partial charge in [0.15, 0.2) is 0 Å². The molecule has 0 radical (unpaired) electrons. The van der Waals surface area contributed by atoms with Gasteiger partial charge in [0, 0.05) is 17.3 Å². The van der Waals surface area contributed by atoms with Crippen molar-refractivity contribution in [1.29, 1.82) is 0 Å². The zero-order chi connectivity index (χ0) is 14.2. The lowest BCUT2D eigenvalue weighted by atomic mass is 9.86. The van der Waals surface area contributed by atoms with E-state index in [4.69, 9.17) is 0 Å². The molecule has 0 bridgehead atoms. The number of nitrogens with zero attached hydrogens (tertiary/aromatic N) is 1. The van der Waals surface area contributed by atoms with Gasteiger partial charge in [-0.3, -0.25) is 0 Å². The molecule has 20 heavy (non-hydrogen) atoms. The Bertz CT molecular complexity index is 638. The molecule has 1 aliphatic rings. The first-order valence-electron chi connectivity index (χ1n) is 6.73. The second-order valence-electron chi connectivity index (χ2n) is 5.34. The zero-order valence-electron chi connectivity index (χ0n) is 10.9. The number of halogens is 3. The highest BCUT2D eigenvalue weighted by molar-refractivity contribution is 9.10. The summed E-state index contributed by atoms with van der Waals surface area (Å²) in [6, 6.07) is 5.87. The molecule has 0 spiro atoms. The van der Waals surface area contributed by atoms with Crippen LogP contribution in [-0.2, 0) is 0 Å². The van der Waals surface area contributed by atoms with Crippen molar-refractivity contribution >= 4 is 33.0 Å². The quantitative estimate of drug-likeness (QED) is 0.803. The summed E-state index contributed by atoms with van der Waals surface area (Å²) in [6.45, 7) is 0. The molecule has 0 amide bonds. The number of benzene rings is 1. The van der Waals surface area contributed by atoms with Crippen LogP contribution in [0, 0.1) is 5.92 Å². The topological polar surface area (TPSA) is 28.7 Å². The Morgan fingerprint density at radius 1 is 1.30 bits per heavy atom. The van der Waals surface area contributed by atoms with E-state index in [0.29, 0.717) is 12.8 Å². The minimum absolute atomic E-state index is 0.00488. The molecule has 5 heteroatoms. The van der Waals surface area contributed by atoms with Crippen LogP contribution in [0.4, 0.5) is 8.78 Å². The second kappa shape index (κ2) is 5.28. The van der Waals surface area contributed by atoms with Crippen molar-refractivity contribution in [2.75, 3.05) is 0 Å². The molecule has 0 atom stereocenters. The van der Waals surface area contributed by atoms with Gasteiger partial charge in [-0.05, 0) is 43.0 Å². The molecule has 0 saturated heterocycles. The molecule has 2 aromatic rings. The summed E-state index contributed by atoms with van der Waals surface area (Å²) >= 11 is 3.41. The van der Waals surface area contributed by atoms with Gasteiger partial charge in [-0.25, -0.2) is 13.8 Å². The zero-order valence-corrected chi connectivity index (χ0v) is 12.5. The van der Waals surface area contributed by atoms with Crippen LogP contribution in [-0.4, -0.2) is 15.9 Å². The first-order valence-corrected chi connectivity index (χ1v) is 7.52. The molecule has 0 unspecified atom stereocenters. The number of H-pyrrole nitrogens is 1. The van der Waals surface area contributed by atoms with E-state index < -0.39 is 5.92 Å². The van der Waals surface area contributed by atoms with Crippen LogP contribution >= 0.6 is 15.9 Å². The summed E-state index contributed by atoms with van der Waals surface area (Å²) in [7, 11) is 0. The fourth-order valence-corrected chi connectivity index (χ4v) is 2.91. The SMILES string of the molecule is FC1(F)CCC(C=Cc2nc3cc(Br)ccc3[nH]2)CC1. The highest BCUT2D eigenvalue weighted by Gasteiger charge is 2.33. The van der Waals surface area contributed by atoms with Crippen molar-refractivity contribution in [2.45, 2.75) is 31.6 Å². The average molecular weight is 341 g/mol. The average Bonchev–Trinajstić information content (AvgIpc) is 2.79. The van der Waals surface area contributed by atoms with E-state index in [1.165, 1.54) is 0 Å². The Kier molecular flexibility index (Phi) is 3.63. The van der Waals surface area contributed by atoms with Gasteiger partial charge in [0.1, 0.15) is 5.82 Å². The molecule has 1 aromatic heterocycles. The summed E-state index contributed by atoms with van der Waals surface area (Å²) in [4.78, 5) is 7.68. The number of rotatable bonds is 2. The number of hydrogen-bond acceptors (Lipinski definition) is 1. The van der Waals surface area contributed by atoms with Crippen LogP contribution in [0.1, 0.15) is 31.5 Å². The first kappa shape index (κ1) is 13.7. The first-order chi connectivity index (χ1) is 9.52. The predicted molar refractivity (Wildman–Crippen MR) is 79.7 cm³/mol. The molecular weight excluding hydrogens is 326 g/mol. The standard InChI is InChI=1S/C15H15BrF2N2/c16-11-2-3-12-13(9-11)20-14(19-12)4-1-10-5-7-15(17,18)8-6-10/h1-4,9-10H,5-8H2,(H,19,20). The van der Waals surface area contributed by atoms with Gasteiger partial charge in [0.25, 0.3) is 0 Å². The smallest absolute Gasteiger partial charge is 0.248 e. The lowest BCUT2D eigenvalue weighted by molar-refractivity contribution is -0.0410. The maximum atomic E-state index is 13.1. The molecule has 1 saturated carbocycles. The third kappa shape index (κ3) is 3.08. The number of allylic oxidation sites excluding steroid dienone is 1. The molecule has 0 aliphatic heterocycles. The van der Waals surface area contributed by atoms with E-state index in [9.17, 15) is 8.78 Å². The Hall–Kier alpha value is -1.23. The molecule has 1 N–H and O–H groups in total. The van der Waals surface area contributed by atoms with Crippen LogP contribution in [0.3, 0.4) is 0 Å². The van der Waals surface area contributed by atoms with Crippen molar-refractivity contribution in [3.8, 4) is 0 Å². The molecule has 3 rings (SSSR count). The van der Waals surface area contributed by atoms with Crippen molar-refractivity contribution in [1.82, 2.24) is 9.97 Å². The lowest BCUT2D eigenvalue weighted by Gasteiger charge is -2.26. The molecule has 1 aliphatic carbocycles. The molecule has 1 aromatic carbocycles. The normalized spacial score (nSPS) is 19.9. The van der Waals surface area contributed by atoms with Crippen LogP contribution in [0.2, 0.25) is 0 Å². The number of alkyl halides is 2. The Morgan fingerprint density at radius 2 is 2.05 bits per heavy atom. The minimum Gasteiger partial charge on any atom is -0.338 e. The number of hydrogen-bond donors (Lipinski definition) is 1. The van der Waals surface area contributed by atoms with E-state index in [0.717, 1.165) is 21.3 Å². The monoisotopic (exact) mass is 340 g/mol. The summed E-state index contributed by atoms with van der Waals surface area (Å²) in [5.41, 5.74) is 1.87. The summed E-state index contributed by atoms with van der Waals surface area (Å²) < 4.78 is 27.1. The van der Waals surface area contributed by atoms with Crippen LogP contribution < -0.4 is 0 Å². The van der Waals surface area contributed by atoms with Gasteiger partial charge in [0.2, 0.25) is 5.92 Å². The fourth-order valence-electron chi connectivity index (χ4n) is 2.56. The highest BCUT2D eigenvalue weighted by atomic mass is 79.9. The van der Waals surface area contributed by atoms with E-state index >= 15 is 0 Å². The third-order valence-corrected chi connectivity index (χ3v) is 4.24. The number of imidazole rings is 1. The predicted octanol–water partition coefficient (Wildman–Crippen LogP) is 5.16. The van der Waals surface area contributed by atoms with Gasteiger partial charge in [-0.1, -0.05) is 22.0 Å².